The Bertz CT molecular complexity index is 1170. The molecule has 0 aromatic carbocycles. The molecule has 3 aromatic heterocycles. The van der Waals surface area contributed by atoms with E-state index in [1.54, 1.807) is 0 Å². The number of fused-ring (bicyclic) bond motifs is 6. The highest BCUT2D eigenvalue weighted by atomic mass is 79.9. The Morgan fingerprint density at radius 2 is 1.85 bits per heavy atom. The molecule has 3 aromatic rings. The molecule has 4 aliphatic heterocycles. The van der Waals surface area contributed by atoms with Crippen molar-refractivity contribution in [1.82, 2.24) is 29.8 Å². The summed E-state index contributed by atoms with van der Waals surface area (Å²) in [6.45, 7) is 9.01. The molecule has 0 radical (unpaired) electrons. The monoisotopic (exact) mass is 527 g/mol. The molecule has 4 aliphatic rings. The van der Waals surface area contributed by atoms with Crippen LogP contribution < -0.4 is 15.0 Å². The molecule has 0 amide bonds. The fourth-order valence-corrected chi connectivity index (χ4v) is 7.05. The van der Waals surface area contributed by atoms with Crippen LogP contribution in [0.25, 0.3) is 16.4 Å². The van der Waals surface area contributed by atoms with Gasteiger partial charge >= 0.3 is 6.01 Å². The highest BCUT2D eigenvalue weighted by molar-refractivity contribution is 9.10. The summed E-state index contributed by atoms with van der Waals surface area (Å²) in [5, 5.41) is 9.28. The molecule has 4 saturated heterocycles. The van der Waals surface area contributed by atoms with Crippen LogP contribution in [0.3, 0.4) is 0 Å². The van der Waals surface area contributed by atoms with Gasteiger partial charge in [0.2, 0.25) is 0 Å². The molecule has 0 spiro atoms. The number of aromatic nitrogens is 4. The van der Waals surface area contributed by atoms with E-state index in [9.17, 15) is 0 Å². The molecule has 2 atom stereocenters. The van der Waals surface area contributed by atoms with Crippen LogP contribution in [-0.4, -0.2) is 74.9 Å². The minimum absolute atomic E-state index is 0.183. The quantitative estimate of drug-likeness (QED) is 0.513. The first-order valence-electron chi connectivity index (χ1n) is 12.9. The van der Waals surface area contributed by atoms with Crippen LogP contribution in [0.4, 0.5) is 5.82 Å². The number of ether oxygens (including phenoxy) is 1. The lowest BCUT2D eigenvalue weighted by atomic mass is 9.95. The Morgan fingerprint density at radius 3 is 2.59 bits per heavy atom. The molecule has 0 saturated carbocycles. The van der Waals surface area contributed by atoms with Crippen LogP contribution in [0.2, 0.25) is 0 Å². The van der Waals surface area contributed by atoms with Crippen molar-refractivity contribution in [3.63, 3.8) is 0 Å². The van der Waals surface area contributed by atoms with Gasteiger partial charge in [0.1, 0.15) is 17.0 Å². The van der Waals surface area contributed by atoms with E-state index in [4.69, 9.17) is 14.7 Å². The van der Waals surface area contributed by atoms with E-state index < -0.39 is 0 Å². The van der Waals surface area contributed by atoms with Gasteiger partial charge in [-0.1, -0.05) is 13.8 Å². The number of piperazine rings is 1. The fraction of sp³-hybridized carbons (Fsp3) is 0.640. The number of rotatable bonds is 4. The molecule has 2 bridgehead atoms. The number of anilines is 1. The molecule has 182 valence electrons. The van der Waals surface area contributed by atoms with E-state index in [0.717, 1.165) is 39.9 Å². The number of nitrogens with zero attached hydrogens (tertiary/aromatic N) is 6. The smallest absolute Gasteiger partial charge is 0.319 e. The Hall–Kier alpha value is -1.97. The first-order valence-corrected chi connectivity index (χ1v) is 13.7. The largest absolute Gasteiger partial charge is 0.461 e. The van der Waals surface area contributed by atoms with Gasteiger partial charge in [-0.3, -0.25) is 4.90 Å². The van der Waals surface area contributed by atoms with E-state index in [0.29, 0.717) is 24.7 Å². The van der Waals surface area contributed by atoms with E-state index in [1.807, 2.05) is 36.7 Å². The maximum Gasteiger partial charge on any atom is 0.319 e. The summed E-state index contributed by atoms with van der Waals surface area (Å²) < 4.78 is 9.20. The first kappa shape index (κ1) is 22.5. The molecule has 0 aliphatic carbocycles. The minimum atomic E-state index is 0.183. The normalized spacial score (nSPS) is 25.6. The lowest BCUT2D eigenvalue weighted by Crippen LogP contribution is -2.51. The van der Waals surface area contributed by atoms with E-state index in [-0.39, 0.29) is 5.54 Å². The van der Waals surface area contributed by atoms with Crippen molar-refractivity contribution >= 4 is 38.2 Å². The Kier molecular flexibility index (Phi) is 5.90. The molecule has 4 fully saturated rings. The van der Waals surface area contributed by atoms with Gasteiger partial charge in [0.15, 0.2) is 0 Å². The van der Waals surface area contributed by atoms with Crippen molar-refractivity contribution in [3.05, 3.63) is 22.9 Å². The summed E-state index contributed by atoms with van der Waals surface area (Å²) in [6, 6.07) is 5.65. The van der Waals surface area contributed by atoms with E-state index >= 15 is 0 Å². The fourth-order valence-electron chi connectivity index (χ4n) is 6.56. The van der Waals surface area contributed by atoms with Crippen LogP contribution in [0.5, 0.6) is 6.01 Å². The first-order chi connectivity index (χ1) is 16.7. The minimum Gasteiger partial charge on any atom is -0.461 e. The molecule has 2 unspecified atom stereocenters. The lowest BCUT2D eigenvalue weighted by molar-refractivity contribution is 0.108. The second-order valence-corrected chi connectivity index (χ2v) is 10.7. The van der Waals surface area contributed by atoms with Crippen LogP contribution in [-0.2, 0) is 0 Å². The van der Waals surface area contributed by atoms with E-state index in [2.05, 4.69) is 36.1 Å². The zero-order valence-electron chi connectivity index (χ0n) is 20.1. The number of halogens is 1. The summed E-state index contributed by atoms with van der Waals surface area (Å²) in [5.74, 6) is 0.980. The zero-order valence-corrected chi connectivity index (χ0v) is 21.7. The summed E-state index contributed by atoms with van der Waals surface area (Å²) >= 11 is 3.67. The average molecular weight is 528 g/mol. The third kappa shape index (κ3) is 3.67. The SMILES string of the molecule is Brc1cc2nc(OCC34CCCN3CCC4)nc(N3CC4CCC(C3)N4)c2c2ccnn12.CC. The highest BCUT2D eigenvalue weighted by Crippen LogP contribution is 2.40. The van der Waals surface area contributed by atoms with Gasteiger partial charge in [-0.2, -0.15) is 15.1 Å². The van der Waals surface area contributed by atoms with Crippen LogP contribution in [0.15, 0.2) is 22.9 Å². The highest BCUT2D eigenvalue weighted by Gasteiger charge is 2.45. The zero-order chi connectivity index (χ0) is 23.3. The third-order valence-electron chi connectivity index (χ3n) is 8.05. The Labute approximate surface area is 209 Å². The Morgan fingerprint density at radius 1 is 1.12 bits per heavy atom. The lowest BCUT2D eigenvalue weighted by Gasteiger charge is -2.34. The van der Waals surface area contributed by atoms with Crippen molar-refractivity contribution in [2.75, 3.05) is 37.7 Å². The van der Waals surface area contributed by atoms with Gasteiger partial charge < -0.3 is 15.0 Å². The molecule has 9 heteroatoms. The summed E-state index contributed by atoms with van der Waals surface area (Å²) in [5.41, 5.74) is 2.11. The van der Waals surface area contributed by atoms with Crippen LogP contribution in [0.1, 0.15) is 52.4 Å². The number of hydrogen-bond donors (Lipinski definition) is 1. The van der Waals surface area contributed by atoms with Gasteiger partial charge in [-0.05, 0) is 79.7 Å². The van der Waals surface area contributed by atoms with Crippen molar-refractivity contribution in [1.29, 1.82) is 0 Å². The predicted octanol–water partition coefficient (Wildman–Crippen LogP) is 4.01. The predicted molar refractivity (Wildman–Crippen MR) is 138 cm³/mol. The van der Waals surface area contributed by atoms with Crippen molar-refractivity contribution in [2.24, 2.45) is 0 Å². The van der Waals surface area contributed by atoms with Crippen LogP contribution >= 0.6 is 15.9 Å². The summed E-state index contributed by atoms with van der Waals surface area (Å²) in [4.78, 5) is 15.0. The topological polar surface area (TPSA) is 70.8 Å². The average Bonchev–Trinajstić information content (AvgIpc) is 3.63. The van der Waals surface area contributed by atoms with Gasteiger partial charge in [-0.25, -0.2) is 4.52 Å². The van der Waals surface area contributed by atoms with Gasteiger partial charge in [-0.15, -0.1) is 0 Å². The standard InChI is InChI=1S/C23H28BrN7O.C2H6/c24-19-11-17-20(18-5-8-25-31(18)19)21(29-12-15-3-4-16(13-29)26-15)28-22(27-17)32-14-23-6-1-9-30(23)10-2-7-23;1-2/h5,8,11,15-16,26H,1-4,6-7,9-10,12-14H2;1-2H3. The second-order valence-electron chi connectivity index (χ2n) is 9.94. The number of pyridine rings is 1. The van der Waals surface area contributed by atoms with Crippen molar-refractivity contribution < 1.29 is 4.74 Å². The molecule has 8 nitrogen and oxygen atoms in total. The molecule has 34 heavy (non-hydrogen) atoms. The summed E-state index contributed by atoms with van der Waals surface area (Å²) in [7, 11) is 0. The van der Waals surface area contributed by atoms with Gasteiger partial charge in [0.25, 0.3) is 0 Å². The molecular formula is C25H34BrN7O. The van der Waals surface area contributed by atoms with Crippen LogP contribution in [0, 0.1) is 0 Å². The third-order valence-corrected chi connectivity index (χ3v) is 8.62. The van der Waals surface area contributed by atoms with E-state index in [1.165, 1.54) is 51.6 Å². The number of nitrogens with one attached hydrogen (secondary N) is 1. The summed E-state index contributed by atoms with van der Waals surface area (Å²) in [6.07, 6.45) is 9.28. The molecule has 7 rings (SSSR count). The molecule has 7 heterocycles. The van der Waals surface area contributed by atoms with Crippen molar-refractivity contribution in [2.45, 2.75) is 70.0 Å². The van der Waals surface area contributed by atoms with Crippen molar-refractivity contribution in [3.8, 4) is 6.01 Å². The second kappa shape index (κ2) is 8.91. The van der Waals surface area contributed by atoms with Gasteiger partial charge in [0.05, 0.1) is 28.2 Å². The van der Waals surface area contributed by atoms with Gasteiger partial charge in [0, 0.05) is 25.2 Å². The molecular weight excluding hydrogens is 494 g/mol. The maximum atomic E-state index is 6.39. The maximum absolute atomic E-state index is 6.39. The molecule has 1 N–H and O–H groups in total. The Balaban J connectivity index is 0.00000106. The number of hydrogen-bond acceptors (Lipinski definition) is 7.